The smallest absolute Gasteiger partial charge is 0.326 e. The average Bonchev–Trinajstić information content (AvgIpc) is 3.36. The molecule has 0 spiro atoms. The first-order valence-electron chi connectivity index (χ1n) is 13.4. The fraction of sp³-hybridized carbons (Fsp3) is 0.593. The number of amides is 1. The Bertz CT molecular complexity index is 1000. The van der Waals surface area contributed by atoms with Crippen LogP contribution < -0.4 is 10.6 Å². The summed E-state index contributed by atoms with van der Waals surface area (Å²) < 4.78 is 0. The topological polar surface area (TPSA) is 120 Å². The molecule has 2 aromatic rings. The largest absolute Gasteiger partial charge is 0.480 e. The van der Waals surface area contributed by atoms with E-state index < -0.39 is 12.0 Å². The van der Waals surface area contributed by atoms with Gasteiger partial charge >= 0.3 is 5.97 Å². The van der Waals surface area contributed by atoms with Gasteiger partial charge in [-0.2, -0.15) is 0 Å². The summed E-state index contributed by atoms with van der Waals surface area (Å²) in [5.74, 6) is 0.551. The predicted octanol–water partition coefficient (Wildman–Crippen LogP) is 3.35. The zero-order chi connectivity index (χ0) is 25.2. The number of carbonyl (C=O) groups is 2. The molecular weight excluding hydrogens is 456 g/mol. The third-order valence-corrected chi connectivity index (χ3v) is 7.12. The minimum atomic E-state index is -0.966. The highest BCUT2D eigenvalue weighted by Gasteiger charge is 2.33. The highest BCUT2D eigenvalue weighted by Crippen LogP contribution is 2.21. The van der Waals surface area contributed by atoms with Crippen LogP contribution in [0.1, 0.15) is 74.9 Å². The minimum Gasteiger partial charge on any atom is -0.480 e. The number of pyridine rings is 1. The molecule has 0 saturated carbocycles. The zero-order valence-electron chi connectivity index (χ0n) is 21.0. The van der Waals surface area contributed by atoms with Crippen molar-refractivity contribution in [3.05, 3.63) is 47.7 Å². The van der Waals surface area contributed by atoms with Gasteiger partial charge in [-0.15, -0.1) is 0 Å². The van der Waals surface area contributed by atoms with Gasteiger partial charge in [-0.25, -0.2) is 19.7 Å². The number of aryl methyl sites for hydroxylation is 2. The molecule has 0 aromatic carbocycles. The van der Waals surface area contributed by atoms with Gasteiger partial charge in [0.1, 0.15) is 17.7 Å². The van der Waals surface area contributed by atoms with Crippen molar-refractivity contribution < 1.29 is 14.7 Å². The monoisotopic (exact) mass is 494 g/mol. The van der Waals surface area contributed by atoms with E-state index in [0.29, 0.717) is 18.8 Å². The lowest BCUT2D eigenvalue weighted by atomic mass is 10.0. The van der Waals surface area contributed by atoms with Crippen molar-refractivity contribution in [2.75, 3.05) is 18.4 Å². The van der Waals surface area contributed by atoms with E-state index in [0.717, 1.165) is 82.4 Å². The Hall–Kier alpha value is -3.07. The second kappa shape index (κ2) is 13.3. The number of carbonyl (C=O) groups excluding carboxylic acids is 1. The molecular formula is C27H38N6O3. The second-order valence-corrected chi connectivity index (χ2v) is 9.84. The van der Waals surface area contributed by atoms with Crippen LogP contribution >= 0.6 is 0 Å². The molecule has 2 aliphatic rings. The van der Waals surface area contributed by atoms with Crippen LogP contribution in [-0.2, 0) is 29.0 Å². The van der Waals surface area contributed by atoms with Crippen LogP contribution in [0.5, 0.6) is 0 Å². The Morgan fingerprint density at radius 3 is 2.75 bits per heavy atom. The molecule has 0 bridgehead atoms. The van der Waals surface area contributed by atoms with Crippen LogP contribution in [0.15, 0.2) is 30.6 Å². The number of hydrogen-bond acceptors (Lipinski definition) is 7. The number of hydrogen-bond donors (Lipinski definition) is 3. The number of nitrogens with zero attached hydrogens (tertiary/aromatic N) is 4. The Balaban J connectivity index is 1.14. The van der Waals surface area contributed by atoms with Crippen LogP contribution in [-0.4, -0.2) is 62.0 Å². The predicted molar refractivity (Wildman–Crippen MR) is 137 cm³/mol. The number of unbranched alkanes of at least 4 members (excludes halogenated alkanes) is 4. The number of carboxylic acids is 1. The summed E-state index contributed by atoms with van der Waals surface area (Å²) in [7, 11) is 0. The van der Waals surface area contributed by atoms with E-state index >= 15 is 0 Å². The standard InChI is InChI=1S/C27H38N6O3/c34-26(23-12-7-18-33(23)19-24-28-16-8-17-29-24)32-22(27(35)36)11-5-3-1-2-4-10-21-14-13-20-9-6-15-30-25(20)31-21/h8,13-14,16-17,22-23H,1-7,9-12,15,18-19H2,(H,30,31)(H,32,34)(H,35,36)/t22-,23-/m0/s1. The number of nitrogens with one attached hydrogen (secondary N) is 2. The number of aliphatic carboxylic acids is 1. The maximum absolute atomic E-state index is 12.9. The van der Waals surface area contributed by atoms with Crippen molar-refractivity contribution in [1.82, 2.24) is 25.2 Å². The number of likely N-dealkylation sites (tertiary alicyclic amines) is 1. The lowest BCUT2D eigenvalue weighted by molar-refractivity contribution is -0.142. The van der Waals surface area contributed by atoms with Crippen LogP contribution in [0.2, 0.25) is 0 Å². The van der Waals surface area contributed by atoms with Gasteiger partial charge in [-0.3, -0.25) is 9.69 Å². The highest BCUT2D eigenvalue weighted by atomic mass is 16.4. The lowest BCUT2D eigenvalue weighted by Crippen LogP contribution is -2.49. The summed E-state index contributed by atoms with van der Waals surface area (Å²) in [6.45, 7) is 2.28. The van der Waals surface area contributed by atoms with Gasteiger partial charge in [0.05, 0.1) is 12.6 Å². The van der Waals surface area contributed by atoms with Gasteiger partial charge in [0.25, 0.3) is 0 Å². The number of fused-ring (bicyclic) bond motifs is 1. The first-order valence-corrected chi connectivity index (χ1v) is 13.4. The first-order chi connectivity index (χ1) is 17.6. The maximum atomic E-state index is 12.9. The van der Waals surface area contributed by atoms with E-state index in [1.165, 1.54) is 12.0 Å². The van der Waals surface area contributed by atoms with Gasteiger partial charge in [0.15, 0.2) is 0 Å². The van der Waals surface area contributed by atoms with E-state index in [9.17, 15) is 14.7 Å². The Morgan fingerprint density at radius 1 is 1.11 bits per heavy atom. The summed E-state index contributed by atoms with van der Waals surface area (Å²) in [5, 5.41) is 15.8. The summed E-state index contributed by atoms with van der Waals surface area (Å²) in [5.41, 5.74) is 2.45. The molecule has 9 nitrogen and oxygen atoms in total. The van der Waals surface area contributed by atoms with Crippen LogP contribution in [0, 0.1) is 0 Å². The molecule has 194 valence electrons. The van der Waals surface area contributed by atoms with E-state index in [-0.39, 0.29) is 11.9 Å². The molecule has 0 aliphatic carbocycles. The van der Waals surface area contributed by atoms with Gasteiger partial charge in [0, 0.05) is 24.6 Å². The van der Waals surface area contributed by atoms with Gasteiger partial charge in [0.2, 0.25) is 5.91 Å². The SMILES string of the molecule is O=C(O)[C@H](CCCCCCCc1ccc2c(n1)NCCC2)NC(=O)[C@@H]1CCCN1Cc1ncccn1. The number of anilines is 1. The van der Waals surface area contributed by atoms with E-state index in [4.69, 9.17) is 4.98 Å². The van der Waals surface area contributed by atoms with E-state index in [1.807, 2.05) is 4.90 Å². The molecule has 1 amide bonds. The minimum absolute atomic E-state index is 0.206. The summed E-state index contributed by atoms with van der Waals surface area (Å²) in [6, 6.07) is 4.93. The number of carboxylic acid groups (broad SMARTS) is 1. The number of rotatable bonds is 13. The summed E-state index contributed by atoms with van der Waals surface area (Å²) >= 11 is 0. The summed E-state index contributed by atoms with van der Waals surface area (Å²) in [4.78, 5) is 40.0. The quantitative estimate of drug-likeness (QED) is 0.363. The van der Waals surface area contributed by atoms with Crippen LogP contribution in [0.4, 0.5) is 5.82 Å². The van der Waals surface area contributed by atoms with E-state index in [1.54, 1.807) is 18.5 Å². The molecule has 0 unspecified atom stereocenters. The third-order valence-electron chi connectivity index (χ3n) is 7.12. The van der Waals surface area contributed by atoms with Crippen LogP contribution in [0.25, 0.3) is 0 Å². The molecule has 9 heteroatoms. The van der Waals surface area contributed by atoms with Crippen molar-refractivity contribution in [3.63, 3.8) is 0 Å². The van der Waals surface area contributed by atoms with Gasteiger partial charge in [-0.05, 0) is 69.2 Å². The number of aromatic nitrogens is 3. The highest BCUT2D eigenvalue weighted by molar-refractivity contribution is 5.87. The molecule has 0 radical (unpaired) electrons. The van der Waals surface area contributed by atoms with Gasteiger partial charge in [-0.1, -0.05) is 31.7 Å². The molecule has 2 atom stereocenters. The Labute approximate surface area is 213 Å². The molecule has 4 heterocycles. The Kier molecular flexibility index (Phi) is 9.61. The Morgan fingerprint density at radius 2 is 1.92 bits per heavy atom. The van der Waals surface area contributed by atoms with Crippen molar-refractivity contribution in [3.8, 4) is 0 Å². The van der Waals surface area contributed by atoms with E-state index in [2.05, 4.69) is 32.7 Å². The normalized spacial score (nSPS) is 18.3. The second-order valence-electron chi connectivity index (χ2n) is 9.84. The fourth-order valence-electron chi connectivity index (χ4n) is 5.12. The van der Waals surface area contributed by atoms with Crippen LogP contribution in [0.3, 0.4) is 0 Å². The molecule has 36 heavy (non-hydrogen) atoms. The molecule has 3 N–H and O–H groups in total. The lowest BCUT2D eigenvalue weighted by Gasteiger charge is -2.24. The molecule has 2 aliphatic heterocycles. The average molecular weight is 495 g/mol. The van der Waals surface area contributed by atoms with Crippen molar-refractivity contribution in [2.24, 2.45) is 0 Å². The first kappa shape index (κ1) is 26.0. The fourth-order valence-corrected chi connectivity index (χ4v) is 5.12. The molecule has 4 rings (SSSR count). The zero-order valence-corrected chi connectivity index (χ0v) is 21.0. The van der Waals surface area contributed by atoms with Crippen molar-refractivity contribution in [2.45, 2.75) is 89.3 Å². The third kappa shape index (κ3) is 7.46. The maximum Gasteiger partial charge on any atom is 0.326 e. The summed E-state index contributed by atoms with van der Waals surface area (Å²) in [6.07, 6.45) is 13.7. The van der Waals surface area contributed by atoms with Crippen molar-refractivity contribution in [1.29, 1.82) is 0 Å². The molecule has 2 aromatic heterocycles. The van der Waals surface area contributed by atoms with Gasteiger partial charge < -0.3 is 15.7 Å². The molecule has 1 fully saturated rings. The molecule has 1 saturated heterocycles. The van der Waals surface area contributed by atoms with Crippen molar-refractivity contribution >= 4 is 17.7 Å².